The Balaban J connectivity index is 2.58. The molecule has 2 aromatic carbocycles. The molecule has 27 heavy (non-hydrogen) atoms. The summed E-state index contributed by atoms with van der Waals surface area (Å²) in [5, 5.41) is 0. The summed E-state index contributed by atoms with van der Waals surface area (Å²) in [6.45, 7) is 1.43. The third-order valence-electron chi connectivity index (χ3n) is 3.64. The molecule has 0 aliphatic rings. The van der Waals surface area contributed by atoms with Crippen molar-refractivity contribution >= 4 is 10.0 Å². The van der Waals surface area contributed by atoms with E-state index in [0.717, 1.165) is 24.3 Å². The van der Waals surface area contributed by atoms with Crippen LogP contribution in [0.15, 0.2) is 36.4 Å². The van der Waals surface area contributed by atoms with Crippen molar-refractivity contribution in [1.29, 1.82) is 0 Å². The molecule has 2 rings (SSSR count). The molecule has 11 heteroatoms. The van der Waals surface area contributed by atoms with E-state index >= 15 is 0 Å². The lowest BCUT2D eigenvalue weighted by Gasteiger charge is -2.26. The maximum Gasteiger partial charge on any atom is 0.511 e. The molecule has 0 aliphatic carbocycles. The summed E-state index contributed by atoms with van der Waals surface area (Å²) in [6, 6.07) is 1.57. The number of sulfonamides is 1. The highest BCUT2D eigenvalue weighted by Gasteiger charge is 2.47. The van der Waals surface area contributed by atoms with Crippen LogP contribution in [0.1, 0.15) is 28.8 Å². The number of nitrogens with one attached hydrogen (secondary N) is 1. The SMILES string of the molecule is Cc1cc(F)cc([C@@H](NS(=O)(=O)C(F)(F)F)C(N)c2cc(F)cc(F)c2)c1. The highest BCUT2D eigenvalue weighted by molar-refractivity contribution is 7.90. The van der Waals surface area contributed by atoms with Crippen molar-refractivity contribution in [2.75, 3.05) is 0 Å². The summed E-state index contributed by atoms with van der Waals surface area (Å²) in [4.78, 5) is 0. The first kappa shape index (κ1) is 21.2. The zero-order valence-corrected chi connectivity index (χ0v) is 14.5. The number of benzene rings is 2. The van der Waals surface area contributed by atoms with Crippen LogP contribution in [0.5, 0.6) is 0 Å². The van der Waals surface area contributed by atoms with Crippen molar-refractivity contribution in [3.05, 3.63) is 70.5 Å². The predicted octanol–water partition coefficient (Wildman–Crippen LogP) is 3.59. The second-order valence-electron chi connectivity index (χ2n) is 5.84. The van der Waals surface area contributed by atoms with Gasteiger partial charge < -0.3 is 5.73 Å². The van der Waals surface area contributed by atoms with Crippen LogP contribution >= 0.6 is 0 Å². The van der Waals surface area contributed by atoms with Crippen LogP contribution in [-0.2, 0) is 10.0 Å². The number of alkyl halides is 3. The van der Waals surface area contributed by atoms with Gasteiger partial charge in [-0.2, -0.15) is 17.9 Å². The monoisotopic (exact) mass is 412 g/mol. The van der Waals surface area contributed by atoms with Gasteiger partial charge in [-0.3, -0.25) is 0 Å². The number of hydrogen-bond acceptors (Lipinski definition) is 3. The molecule has 2 atom stereocenters. The van der Waals surface area contributed by atoms with E-state index in [1.54, 1.807) is 0 Å². The van der Waals surface area contributed by atoms with Crippen molar-refractivity contribution in [1.82, 2.24) is 4.72 Å². The lowest BCUT2D eigenvalue weighted by atomic mass is 9.93. The Bertz CT molecular complexity index is 906. The Morgan fingerprint density at radius 1 is 0.889 bits per heavy atom. The summed E-state index contributed by atoms with van der Waals surface area (Å²) in [7, 11) is -5.88. The molecular formula is C16H14F6N2O2S. The van der Waals surface area contributed by atoms with Crippen LogP contribution in [-0.4, -0.2) is 13.9 Å². The normalized spacial score (nSPS) is 14.8. The highest BCUT2D eigenvalue weighted by Crippen LogP contribution is 2.32. The van der Waals surface area contributed by atoms with Gasteiger partial charge in [0.2, 0.25) is 0 Å². The summed E-state index contributed by atoms with van der Waals surface area (Å²) >= 11 is 0. The van der Waals surface area contributed by atoms with E-state index in [-0.39, 0.29) is 16.7 Å². The standard InChI is InChI=1S/C16H14F6N2O2S/c1-8-2-10(6-11(17)3-8)15(24-27(25,26)16(20,21)22)14(23)9-4-12(18)7-13(19)5-9/h2-7,14-15,24H,23H2,1H3/t14?,15-/m1/s1. The fourth-order valence-electron chi connectivity index (χ4n) is 2.49. The van der Waals surface area contributed by atoms with Crippen LogP contribution in [0.4, 0.5) is 26.3 Å². The van der Waals surface area contributed by atoms with Gasteiger partial charge >= 0.3 is 15.5 Å². The largest absolute Gasteiger partial charge is 0.511 e. The Morgan fingerprint density at radius 3 is 1.85 bits per heavy atom. The second kappa shape index (κ2) is 7.49. The average molecular weight is 412 g/mol. The van der Waals surface area contributed by atoms with Crippen molar-refractivity contribution in [2.24, 2.45) is 5.73 Å². The molecule has 0 spiro atoms. The minimum absolute atomic E-state index is 0.238. The van der Waals surface area contributed by atoms with Crippen LogP contribution in [0.2, 0.25) is 0 Å². The molecule has 0 fully saturated rings. The summed E-state index contributed by atoms with van der Waals surface area (Å²) in [5.74, 6) is -2.97. The molecule has 0 heterocycles. The van der Waals surface area contributed by atoms with Gasteiger partial charge in [0.15, 0.2) is 0 Å². The maximum absolute atomic E-state index is 13.7. The lowest BCUT2D eigenvalue weighted by molar-refractivity contribution is -0.0451. The van der Waals surface area contributed by atoms with E-state index in [0.29, 0.717) is 6.07 Å². The Kier molecular flexibility index (Phi) is 5.88. The smallest absolute Gasteiger partial charge is 0.322 e. The molecule has 148 valence electrons. The fourth-order valence-corrected chi connectivity index (χ4v) is 3.24. The number of hydrogen-bond donors (Lipinski definition) is 2. The van der Waals surface area contributed by atoms with Crippen LogP contribution < -0.4 is 10.5 Å². The molecule has 0 aromatic heterocycles. The van der Waals surface area contributed by atoms with Gasteiger partial charge in [0.25, 0.3) is 0 Å². The molecule has 4 nitrogen and oxygen atoms in total. The summed E-state index contributed by atoms with van der Waals surface area (Å²) in [5.41, 5.74) is -0.134. The Labute approximate surface area is 151 Å². The molecule has 0 radical (unpaired) electrons. The van der Waals surface area contributed by atoms with E-state index in [4.69, 9.17) is 5.73 Å². The first-order valence-corrected chi connectivity index (χ1v) is 8.86. The van der Waals surface area contributed by atoms with Crippen molar-refractivity contribution in [2.45, 2.75) is 24.5 Å². The zero-order chi connectivity index (χ0) is 20.6. The molecule has 0 aliphatic heterocycles. The van der Waals surface area contributed by atoms with Gasteiger partial charge in [0.1, 0.15) is 17.5 Å². The van der Waals surface area contributed by atoms with E-state index in [2.05, 4.69) is 0 Å². The number of halogens is 6. The summed E-state index contributed by atoms with van der Waals surface area (Å²) in [6.07, 6.45) is 0. The third kappa shape index (κ3) is 4.99. The van der Waals surface area contributed by atoms with E-state index in [1.165, 1.54) is 17.7 Å². The van der Waals surface area contributed by atoms with E-state index in [1.807, 2.05) is 0 Å². The number of rotatable bonds is 5. The minimum Gasteiger partial charge on any atom is -0.322 e. The fraction of sp³-hybridized carbons (Fsp3) is 0.250. The Hall–Kier alpha value is -2.11. The summed E-state index contributed by atoms with van der Waals surface area (Å²) < 4.78 is 103. The average Bonchev–Trinajstić information content (AvgIpc) is 2.49. The van der Waals surface area contributed by atoms with Gasteiger partial charge in [-0.15, -0.1) is 0 Å². The molecule has 2 aromatic rings. The van der Waals surface area contributed by atoms with Crippen LogP contribution in [0.25, 0.3) is 0 Å². The molecule has 0 amide bonds. The highest BCUT2D eigenvalue weighted by atomic mass is 32.2. The zero-order valence-electron chi connectivity index (χ0n) is 13.7. The van der Waals surface area contributed by atoms with E-state index in [9.17, 15) is 34.8 Å². The molecule has 0 saturated carbocycles. The van der Waals surface area contributed by atoms with Crippen molar-refractivity contribution in [3.8, 4) is 0 Å². The van der Waals surface area contributed by atoms with E-state index < -0.39 is 45.1 Å². The van der Waals surface area contributed by atoms with Gasteiger partial charge in [-0.25, -0.2) is 21.6 Å². The van der Waals surface area contributed by atoms with Crippen molar-refractivity contribution < 1.29 is 34.8 Å². The molecule has 1 unspecified atom stereocenters. The lowest BCUT2D eigenvalue weighted by Crippen LogP contribution is -2.42. The molecule has 0 saturated heterocycles. The second-order valence-corrected chi connectivity index (χ2v) is 7.54. The number of nitrogens with two attached hydrogens (primary N) is 1. The molecule has 0 bridgehead atoms. The first-order chi connectivity index (χ1) is 12.3. The number of aryl methyl sites for hydroxylation is 1. The maximum atomic E-state index is 13.7. The molecule has 3 N–H and O–H groups in total. The topological polar surface area (TPSA) is 72.2 Å². The predicted molar refractivity (Wildman–Crippen MR) is 85.3 cm³/mol. The Morgan fingerprint density at radius 2 is 1.37 bits per heavy atom. The van der Waals surface area contributed by atoms with Crippen molar-refractivity contribution in [3.63, 3.8) is 0 Å². The van der Waals surface area contributed by atoms with Gasteiger partial charge in [0, 0.05) is 6.07 Å². The third-order valence-corrected chi connectivity index (χ3v) is 4.81. The van der Waals surface area contributed by atoms with Gasteiger partial charge in [0.05, 0.1) is 12.1 Å². The minimum atomic E-state index is -5.88. The van der Waals surface area contributed by atoms with Crippen LogP contribution in [0, 0.1) is 24.4 Å². The quantitative estimate of drug-likeness (QED) is 0.738. The van der Waals surface area contributed by atoms with Gasteiger partial charge in [-0.1, -0.05) is 6.07 Å². The first-order valence-electron chi connectivity index (χ1n) is 7.37. The molecular weight excluding hydrogens is 398 g/mol. The van der Waals surface area contributed by atoms with Crippen LogP contribution in [0.3, 0.4) is 0 Å². The van der Waals surface area contributed by atoms with Gasteiger partial charge in [-0.05, 0) is 47.9 Å².